The van der Waals surface area contributed by atoms with E-state index in [9.17, 15) is 4.79 Å². The standard InChI is InChI=1S/C25H26N4O3/c1-31-20-14-12-18(13-15-20)17-26-28-22-11-7-3-6-10-21(22)27-25(30)23-16-24(32-29-23)19-8-4-2-5-9-19/h2,4-6,8-10,12-16,26,28H,3,7,11,17H2,1H3,(H,27,30). The Morgan fingerprint density at radius 3 is 2.72 bits per heavy atom. The number of nitrogens with zero attached hydrogens (tertiary/aromatic N) is 1. The summed E-state index contributed by atoms with van der Waals surface area (Å²) in [6.45, 7) is 0.627. The number of methoxy groups -OCH3 is 1. The molecule has 0 aliphatic heterocycles. The van der Waals surface area contributed by atoms with Crippen molar-refractivity contribution < 1.29 is 14.1 Å². The van der Waals surface area contributed by atoms with Crippen LogP contribution in [0.2, 0.25) is 0 Å². The Morgan fingerprint density at radius 1 is 1.12 bits per heavy atom. The van der Waals surface area contributed by atoms with Gasteiger partial charge in [-0.2, -0.15) is 0 Å². The third-order valence-corrected chi connectivity index (χ3v) is 5.15. The number of ether oxygens (including phenoxy) is 1. The van der Waals surface area contributed by atoms with Crippen LogP contribution in [0.25, 0.3) is 11.3 Å². The molecule has 7 nitrogen and oxygen atoms in total. The number of aromatic nitrogens is 1. The van der Waals surface area contributed by atoms with Crippen molar-refractivity contribution in [1.82, 2.24) is 21.3 Å². The summed E-state index contributed by atoms with van der Waals surface area (Å²) >= 11 is 0. The van der Waals surface area contributed by atoms with Crippen LogP contribution in [0.5, 0.6) is 5.75 Å². The Kier molecular flexibility index (Phi) is 6.99. The van der Waals surface area contributed by atoms with Crippen LogP contribution in [0.3, 0.4) is 0 Å². The van der Waals surface area contributed by atoms with Crippen LogP contribution >= 0.6 is 0 Å². The van der Waals surface area contributed by atoms with Gasteiger partial charge in [0.05, 0.1) is 12.8 Å². The zero-order chi connectivity index (χ0) is 22.2. The van der Waals surface area contributed by atoms with Gasteiger partial charge in [0.25, 0.3) is 5.91 Å². The largest absolute Gasteiger partial charge is 0.497 e. The molecule has 1 heterocycles. The van der Waals surface area contributed by atoms with E-state index in [0.717, 1.165) is 47.5 Å². The molecule has 0 radical (unpaired) electrons. The van der Waals surface area contributed by atoms with Crippen LogP contribution in [0, 0.1) is 0 Å². The summed E-state index contributed by atoms with van der Waals surface area (Å²) in [6.07, 6.45) is 6.74. The number of carbonyl (C=O) groups excluding carboxylic acids is 1. The van der Waals surface area contributed by atoms with Gasteiger partial charge >= 0.3 is 0 Å². The highest BCUT2D eigenvalue weighted by atomic mass is 16.5. The Balaban J connectivity index is 1.41. The maximum atomic E-state index is 12.8. The molecule has 0 fully saturated rings. The molecule has 0 atom stereocenters. The quantitative estimate of drug-likeness (QED) is 0.461. The van der Waals surface area contributed by atoms with Gasteiger partial charge in [0, 0.05) is 23.9 Å². The fourth-order valence-corrected chi connectivity index (χ4v) is 3.38. The molecular formula is C25H26N4O3. The van der Waals surface area contributed by atoms with Crippen molar-refractivity contribution in [2.75, 3.05) is 7.11 Å². The van der Waals surface area contributed by atoms with Gasteiger partial charge in [-0.05, 0) is 43.0 Å². The summed E-state index contributed by atoms with van der Waals surface area (Å²) in [5, 5.41) is 6.91. The van der Waals surface area contributed by atoms with Crippen molar-refractivity contribution in [2.24, 2.45) is 0 Å². The molecule has 4 rings (SSSR count). The van der Waals surface area contributed by atoms with E-state index in [4.69, 9.17) is 9.26 Å². The van der Waals surface area contributed by atoms with Gasteiger partial charge in [-0.15, -0.1) is 0 Å². The van der Waals surface area contributed by atoms with Crippen molar-refractivity contribution in [1.29, 1.82) is 0 Å². The minimum atomic E-state index is -0.313. The number of nitrogens with one attached hydrogen (secondary N) is 3. The third kappa shape index (κ3) is 5.44. The van der Waals surface area contributed by atoms with Crippen LogP contribution in [0.1, 0.15) is 35.3 Å². The second-order valence-electron chi connectivity index (χ2n) is 7.41. The lowest BCUT2D eigenvalue weighted by Crippen LogP contribution is -2.34. The van der Waals surface area contributed by atoms with Gasteiger partial charge in [-0.25, -0.2) is 5.43 Å². The number of hydrazine groups is 1. The summed E-state index contributed by atoms with van der Waals surface area (Å²) in [7, 11) is 1.65. The summed E-state index contributed by atoms with van der Waals surface area (Å²) in [5.74, 6) is 1.07. The molecule has 0 unspecified atom stereocenters. The van der Waals surface area contributed by atoms with Gasteiger partial charge in [0.15, 0.2) is 11.5 Å². The SMILES string of the molecule is COc1ccc(CNNC2=C(NC(=O)c3cc(-c4ccccc4)on3)C=CCCC2)cc1. The molecule has 1 aromatic heterocycles. The normalized spacial score (nSPS) is 13.5. The lowest BCUT2D eigenvalue weighted by atomic mass is 10.1. The second kappa shape index (κ2) is 10.5. The minimum Gasteiger partial charge on any atom is -0.497 e. The van der Waals surface area contributed by atoms with Crippen LogP contribution < -0.4 is 20.9 Å². The topological polar surface area (TPSA) is 88.4 Å². The summed E-state index contributed by atoms with van der Waals surface area (Å²) < 4.78 is 10.6. The molecule has 7 heteroatoms. The first kappa shape index (κ1) is 21.4. The maximum Gasteiger partial charge on any atom is 0.277 e. The lowest BCUT2D eigenvalue weighted by molar-refractivity contribution is 0.0957. The lowest BCUT2D eigenvalue weighted by Gasteiger charge is -2.15. The van der Waals surface area contributed by atoms with E-state index in [0.29, 0.717) is 12.3 Å². The molecule has 3 N–H and O–H groups in total. The number of allylic oxidation sites excluding steroid dienone is 3. The Hall–Kier alpha value is -3.84. The van der Waals surface area contributed by atoms with Gasteiger partial charge < -0.3 is 20.0 Å². The van der Waals surface area contributed by atoms with Gasteiger partial charge in [-0.3, -0.25) is 4.79 Å². The van der Waals surface area contributed by atoms with Crippen molar-refractivity contribution in [3.8, 4) is 17.1 Å². The monoisotopic (exact) mass is 430 g/mol. The summed E-state index contributed by atoms with van der Waals surface area (Å²) in [6, 6.07) is 19.1. The highest BCUT2D eigenvalue weighted by Gasteiger charge is 2.17. The predicted molar refractivity (Wildman–Crippen MR) is 122 cm³/mol. The molecule has 0 spiro atoms. The fourth-order valence-electron chi connectivity index (χ4n) is 3.38. The average Bonchev–Trinajstić information content (AvgIpc) is 3.24. The molecule has 1 aliphatic carbocycles. The zero-order valence-electron chi connectivity index (χ0n) is 17.9. The summed E-state index contributed by atoms with van der Waals surface area (Å²) in [4.78, 5) is 12.8. The van der Waals surface area contributed by atoms with Crippen molar-refractivity contribution in [2.45, 2.75) is 25.8 Å². The Morgan fingerprint density at radius 2 is 1.94 bits per heavy atom. The van der Waals surface area contributed by atoms with Gasteiger partial charge in [0.1, 0.15) is 5.75 Å². The van der Waals surface area contributed by atoms with Crippen LogP contribution in [0.15, 0.2) is 88.7 Å². The second-order valence-corrected chi connectivity index (χ2v) is 7.41. The first-order valence-corrected chi connectivity index (χ1v) is 10.6. The van der Waals surface area contributed by atoms with Gasteiger partial charge in [0.2, 0.25) is 0 Å². The Bertz CT molecular complexity index is 1100. The smallest absolute Gasteiger partial charge is 0.277 e. The third-order valence-electron chi connectivity index (χ3n) is 5.15. The predicted octanol–water partition coefficient (Wildman–Crippen LogP) is 4.33. The van der Waals surface area contributed by atoms with E-state index in [2.05, 4.69) is 27.4 Å². The van der Waals surface area contributed by atoms with E-state index in [1.807, 2.05) is 60.7 Å². The van der Waals surface area contributed by atoms with E-state index >= 15 is 0 Å². The van der Waals surface area contributed by atoms with Crippen molar-refractivity contribution >= 4 is 5.91 Å². The molecule has 1 aliphatic rings. The molecule has 2 aromatic carbocycles. The van der Waals surface area contributed by atoms with Crippen molar-refractivity contribution in [3.05, 3.63) is 95.5 Å². The molecule has 0 bridgehead atoms. The molecule has 164 valence electrons. The molecule has 32 heavy (non-hydrogen) atoms. The number of rotatable bonds is 8. The van der Waals surface area contributed by atoms with E-state index < -0.39 is 0 Å². The maximum absolute atomic E-state index is 12.8. The van der Waals surface area contributed by atoms with Crippen LogP contribution in [0.4, 0.5) is 0 Å². The van der Waals surface area contributed by atoms with E-state index in [1.165, 1.54) is 0 Å². The highest BCUT2D eigenvalue weighted by Crippen LogP contribution is 2.20. The van der Waals surface area contributed by atoms with Crippen molar-refractivity contribution in [3.63, 3.8) is 0 Å². The molecule has 0 saturated heterocycles. The fraction of sp³-hybridized carbons (Fsp3) is 0.200. The highest BCUT2D eigenvalue weighted by molar-refractivity contribution is 5.94. The number of carbonyl (C=O) groups is 1. The number of hydrogen-bond donors (Lipinski definition) is 3. The van der Waals surface area contributed by atoms with Crippen LogP contribution in [-0.4, -0.2) is 18.2 Å². The number of amides is 1. The van der Waals surface area contributed by atoms with Gasteiger partial charge in [-0.1, -0.05) is 53.7 Å². The first-order chi connectivity index (χ1) is 15.7. The van der Waals surface area contributed by atoms with Crippen LogP contribution in [-0.2, 0) is 6.54 Å². The molecule has 3 aromatic rings. The first-order valence-electron chi connectivity index (χ1n) is 10.6. The molecule has 0 saturated carbocycles. The zero-order valence-corrected chi connectivity index (χ0v) is 17.9. The van der Waals surface area contributed by atoms with E-state index in [1.54, 1.807) is 13.2 Å². The number of hydrogen-bond acceptors (Lipinski definition) is 6. The number of benzene rings is 2. The molecular weight excluding hydrogens is 404 g/mol. The minimum absolute atomic E-state index is 0.236. The Labute approximate surface area is 187 Å². The average molecular weight is 431 g/mol. The summed E-state index contributed by atoms with van der Waals surface area (Å²) in [5.41, 5.74) is 10.4. The van der Waals surface area contributed by atoms with E-state index in [-0.39, 0.29) is 11.6 Å². The molecule has 1 amide bonds.